The van der Waals surface area contributed by atoms with Crippen molar-refractivity contribution in [3.63, 3.8) is 0 Å². The Morgan fingerprint density at radius 3 is 2.10 bits per heavy atom. The van der Waals surface area contributed by atoms with E-state index in [2.05, 4.69) is 70.8 Å². The maximum absolute atomic E-state index is 13.6. The first-order valence-electron chi connectivity index (χ1n) is 23.7. The van der Waals surface area contributed by atoms with Crippen molar-refractivity contribution in [3.8, 4) is 17.6 Å². The van der Waals surface area contributed by atoms with Gasteiger partial charge in [-0.3, -0.25) is 29.4 Å². The van der Waals surface area contributed by atoms with Gasteiger partial charge in [-0.05, 0) is 81.5 Å². The van der Waals surface area contributed by atoms with E-state index in [4.69, 9.17) is 33.0 Å². The highest BCUT2D eigenvalue weighted by atomic mass is 31.2. The van der Waals surface area contributed by atoms with E-state index in [0.717, 1.165) is 42.4 Å². The molecule has 0 radical (unpaired) electrons. The molecular formula is C51H67N8O8P. The summed E-state index contributed by atoms with van der Waals surface area (Å²) < 4.78 is 44.1. The number of carbonyl (C=O) groups excluding carboxylic acids is 1. The number of rotatable bonds is 21. The number of aromatic nitrogens is 4. The molecule has 1 aliphatic carbocycles. The summed E-state index contributed by atoms with van der Waals surface area (Å²) in [6, 6.07) is 28.5. The second-order valence-corrected chi connectivity index (χ2v) is 19.9. The van der Waals surface area contributed by atoms with Gasteiger partial charge in [0.2, 0.25) is 11.9 Å². The van der Waals surface area contributed by atoms with Gasteiger partial charge in [0, 0.05) is 37.1 Å². The standard InChI is InChI=1S/C51H67N8O8P/c1-35(2)47(60)55-49-54-46-45(48(61)56-49)53-34-58(46)44-30-57(41-18-13-10-14-19-41)31-50(67-44,33-66-68(65-29-15-28-52)59(36(3)4)37(5)6)32-64-51(38-16-11-9-12-17-38,39-20-24-42(62-7)25-21-39)40-22-26-43(63-8)27-23-40/h9,11-12,16-17,20-27,34-37,41,44H,10,13-15,18-19,29-33H2,1-8H3,(H2,54,55,56,60,61)/t44-,50-,68?/m1/s1. The number of amides is 1. The van der Waals surface area contributed by atoms with E-state index in [1.807, 2.05) is 66.7 Å². The molecule has 5 aromatic rings. The Labute approximate surface area is 401 Å². The molecule has 2 N–H and O–H groups in total. The maximum atomic E-state index is 13.6. The predicted octanol–water partition coefficient (Wildman–Crippen LogP) is 8.93. The molecule has 1 amide bonds. The number of hydrogen-bond donors (Lipinski definition) is 2. The van der Waals surface area contributed by atoms with Crippen molar-refractivity contribution >= 4 is 31.5 Å². The van der Waals surface area contributed by atoms with E-state index < -0.39 is 31.5 Å². The second kappa shape index (κ2) is 22.9. The summed E-state index contributed by atoms with van der Waals surface area (Å²) in [5.41, 5.74) is 0.0902. The van der Waals surface area contributed by atoms with Crippen molar-refractivity contribution in [3.05, 3.63) is 112 Å². The van der Waals surface area contributed by atoms with Crippen LogP contribution in [0.25, 0.3) is 11.2 Å². The molecule has 2 aromatic heterocycles. The van der Waals surface area contributed by atoms with Crippen LogP contribution in [0.15, 0.2) is 90.0 Å². The van der Waals surface area contributed by atoms with Gasteiger partial charge in [0.25, 0.3) is 14.1 Å². The zero-order chi connectivity index (χ0) is 48.4. The molecule has 68 heavy (non-hydrogen) atoms. The van der Waals surface area contributed by atoms with Gasteiger partial charge in [-0.2, -0.15) is 10.2 Å². The number of imidazole rings is 1. The minimum absolute atomic E-state index is 0.0146. The third-order valence-corrected chi connectivity index (χ3v) is 14.7. The van der Waals surface area contributed by atoms with Crippen LogP contribution in [-0.4, -0.2) is 106 Å². The smallest absolute Gasteiger partial charge is 0.280 e. The Bertz CT molecular complexity index is 2450. The van der Waals surface area contributed by atoms with Crippen molar-refractivity contribution < 1.29 is 32.8 Å². The average Bonchev–Trinajstić information content (AvgIpc) is 3.79. The lowest BCUT2D eigenvalue weighted by Gasteiger charge is -2.50. The normalized spacial score (nSPS) is 18.9. The summed E-state index contributed by atoms with van der Waals surface area (Å²) in [5.74, 6) is 0.796. The fraction of sp³-hybridized carbons (Fsp3) is 0.510. The largest absolute Gasteiger partial charge is 0.497 e. The number of nitrogens with zero attached hydrogens (tertiary/aromatic N) is 6. The van der Waals surface area contributed by atoms with Crippen molar-refractivity contribution in [2.75, 3.05) is 52.4 Å². The summed E-state index contributed by atoms with van der Waals surface area (Å²) >= 11 is 0. The van der Waals surface area contributed by atoms with E-state index in [9.17, 15) is 14.9 Å². The average molecular weight is 951 g/mol. The van der Waals surface area contributed by atoms with Gasteiger partial charge < -0.3 is 28.0 Å². The number of fused-ring (bicyclic) bond motifs is 1. The number of benzene rings is 3. The van der Waals surface area contributed by atoms with E-state index in [-0.39, 0.29) is 73.3 Å². The van der Waals surface area contributed by atoms with Crippen molar-refractivity contribution in [1.82, 2.24) is 29.1 Å². The van der Waals surface area contributed by atoms with E-state index >= 15 is 0 Å². The lowest BCUT2D eigenvalue weighted by molar-refractivity contribution is -0.232. The Balaban J connectivity index is 1.41. The molecule has 0 bridgehead atoms. The summed E-state index contributed by atoms with van der Waals surface area (Å²) in [4.78, 5) is 40.9. The summed E-state index contributed by atoms with van der Waals surface area (Å²) in [6.45, 7) is 13.1. The molecule has 2 aliphatic rings. The summed E-state index contributed by atoms with van der Waals surface area (Å²) in [7, 11) is 1.59. The third-order valence-electron chi connectivity index (χ3n) is 12.7. The highest BCUT2D eigenvalue weighted by Gasteiger charge is 2.49. The topological polar surface area (TPSA) is 178 Å². The zero-order valence-electron chi connectivity index (χ0n) is 40.6. The molecule has 364 valence electrons. The molecule has 1 unspecified atom stereocenters. The van der Waals surface area contributed by atoms with E-state index in [0.29, 0.717) is 24.6 Å². The number of nitrogens with one attached hydrogen (secondary N) is 2. The van der Waals surface area contributed by atoms with Gasteiger partial charge in [-0.15, -0.1) is 0 Å². The van der Waals surface area contributed by atoms with Gasteiger partial charge in [0.05, 0.1) is 52.9 Å². The van der Waals surface area contributed by atoms with Gasteiger partial charge >= 0.3 is 0 Å². The molecule has 3 atom stereocenters. The molecule has 3 aromatic carbocycles. The Hall–Kier alpha value is -5.24. The number of H-pyrrole nitrogens is 1. The fourth-order valence-corrected chi connectivity index (χ4v) is 11.0. The van der Waals surface area contributed by atoms with Gasteiger partial charge in [-0.1, -0.05) is 87.7 Å². The molecule has 16 nitrogen and oxygen atoms in total. The lowest BCUT2D eigenvalue weighted by Crippen LogP contribution is -2.61. The number of methoxy groups -OCH3 is 2. The van der Waals surface area contributed by atoms with E-state index in [1.165, 1.54) is 6.42 Å². The molecule has 17 heteroatoms. The van der Waals surface area contributed by atoms with Crippen LogP contribution in [0.4, 0.5) is 5.95 Å². The third kappa shape index (κ3) is 11.4. The van der Waals surface area contributed by atoms with Gasteiger partial charge in [-0.25, -0.2) is 9.65 Å². The first kappa shape index (κ1) is 50.6. The predicted molar refractivity (Wildman–Crippen MR) is 262 cm³/mol. The molecule has 7 rings (SSSR count). The lowest BCUT2D eigenvalue weighted by atomic mass is 9.79. The number of anilines is 1. The second-order valence-electron chi connectivity index (χ2n) is 18.5. The van der Waals surface area contributed by atoms with Crippen LogP contribution < -0.4 is 20.3 Å². The van der Waals surface area contributed by atoms with Gasteiger partial charge in [0.15, 0.2) is 11.2 Å². The minimum Gasteiger partial charge on any atom is -0.497 e. The molecule has 2 fully saturated rings. The molecule has 1 saturated carbocycles. The number of aromatic amines is 1. The fourth-order valence-electron chi connectivity index (χ4n) is 9.33. The number of ether oxygens (including phenoxy) is 4. The SMILES string of the molecule is COc1ccc(C(OC[C@@]2(COP(OCCC#N)N(C(C)C)C(C)C)CN(C3CCCCC3)C[C@H](n3cnc4c(=O)[nH]c(NC(=O)C(C)C)nc43)O2)(c2ccccc2)c2ccc(OC)cc2)cc1. The van der Waals surface area contributed by atoms with E-state index in [1.54, 1.807) is 39.0 Å². The summed E-state index contributed by atoms with van der Waals surface area (Å²) in [5, 5.41) is 12.3. The van der Waals surface area contributed by atoms with Crippen molar-refractivity contribution in [2.24, 2.45) is 5.92 Å². The quantitative estimate of drug-likeness (QED) is 0.0405. The van der Waals surface area contributed by atoms with Crippen LogP contribution >= 0.6 is 8.53 Å². The number of carbonyl (C=O) groups is 1. The van der Waals surface area contributed by atoms with Crippen LogP contribution in [0.5, 0.6) is 11.5 Å². The van der Waals surface area contributed by atoms with Crippen LogP contribution in [0.3, 0.4) is 0 Å². The molecule has 1 aliphatic heterocycles. The van der Waals surface area contributed by atoms with Gasteiger partial charge in [0.1, 0.15) is 28.9 Å². The molecule has 1 saturated heterocycles. The van der Waals surface area contributed by atoms with Crippen LogP contribution in [0.2, 0.25) is 0 Å². The van der Waals surface area contributed by atoms with Crippen molar-refractivity contribution in [1.29, 1.82) is 5.26 Å². The number of hydrogen-bond acceptors (Lipinski definition) is 13. The molecule has 0 spiro atoms. The van der Waals surface area contributed by atoms with Crippen LogP contribution in [0, 0.1) is 17.2 Å². The highest BCUT2D eigenvalue weighted by molar-refractivity contribution is 7.44. The molecular weight excluding hydrogens is 884 g/mol. The Morgan fingerprint density at radius 1 is 0.912 bits per heavy atom. The molecule has 3 heterocycles. The maximum Gasteiger partial charge on any atom is 0.280 e. The minimum atomic E-state index is -1.71. The van der Waals surface area contributed by atoms with Crippen LogP contribution in [-0.2, 0) is 28.9 Å². The first-order chi connectivity index (χ1) is 32.8. The van der Waals surface area contributed by atoms with Crippen molar-refractivity contribution in [2.45, 2.75) is 116 Å². The highest BCUT2D eigenvalue weighted by Crippen LogP contribution is 2.49. The first-order valence-corrected chi connectivity index (χ1v) is 24.8. The monoisotopic (exact) mass is 950 g/mol. The Morgan fingerprint density at radius 2 is 1.53 bits per heavy atom. The Kier molecular flexibility index (Phi) is 17.1. The number of nitriles is 1. The number of morpholine rings is 1. The zero-order valence-corrected chi connectivity index (χ0v) is 41.5. The van der Waals surface area contributed by atoms with Crippen LogP contribution in [0.1, 0.15) is 103 Å². The summed E-state index contributed by atoms with van der Waals surface area (Å²) in [6.07, 6.45) is 6.41.